The van der Waals surface area contributed by atoms with E-state index in [2.05, 4.69) is 20.3 Å². The summed E-state index contributed by atoms with van der Waals surface area (Å²) in [6.07, 6.45) is 0.657. The van der Waals surface area contributed by atoms with Gasteiger partial charge in [-0.1, -0.05) is 0 Å². The number of hydrogen-bond acceptors (Lipinski definition) is 9. The molecule has 1 aliphatic carbocycles. The molecule has 25 heavy (non-hydrogen) atoms. The number of aliphatic hydroxyl groups excluding tert-OH is 4. The van der Waals surface area contributed by atoms with E-state index in [0.29, 0.717) is 23.4 Å². The minimum Gasteiger partial charge on any atom is -0.394 e. The van der Waals surface area contributed by atoms with E-state index in [1.807, 2.05) is 0 Å². The van der Waals surface area contributed by atoms with Crippen LogP contribution in [0.25, 0.3) is 11.2 Å². The monoisotopic (exact) mass is 351 g/mol. The summed E-state index contributed by atoms with van der Waals surface area (Å²) >= 11 is 0. The fourth-order valence-corrected chi connectivity index (χ4v) is 3.54. The molecule has 1 aliphatic heterocycles. The van der Waals surface area contributed by atoms with Gasteiger partial charge in [0, 0.05) is 6.04 Å². The van der Waals surface area contributed by atoms with Crippen LogP contribution < -0.4 is 5.32 Å². The molecule has 0 spiro atoms. The lowest BCUT2D eigenvalue weighted by atomic mass is 10.1. The normalized spacial score (nSPS) is 35.5. The van der Waals surface area contributed by atoms with Gasteiger partial charge >= 0.3 is 0 Å². The Morgan fingerprint density at radius 2 is 2.00 bits per heavy atom. The second kappa shape index (κ2) is 6.46. The summed E-state index contributed by atoms with van der Waals surface area (Å²) in [6, 6.07) is 0.118. The van der Waals surface area contributed by atoms with Gasteiger partial charge < -0.3 is 30.5 Å². The number of nitrogens with one attached hydrogen (secondary N) is 1. The molecule has 4 unspecified atom stereocenters. The van der Waals surface area contributed by atoms with Crippen LogP contribution in [0.2, 0.25) is 0 Å². The predicted octanol–water partition coefficient (Wildman–Crippen LogP) is -1.24. The molecule has 0 amide bonds. The first-order chi connectivity index (χ1) is 12.1. The van der Waals surface area contributed by atoms with Gasteiger partial charge in [0.25, 0.3) is 0 Å². The van der Waals surface area contributed by atoms with E-state index in [4.69, 9.17) is 4.74 Å². The first-order valence-corrected chi connectivity index (χ1v) is 8.33. The maximum Gasteiger partial charge on any atom is 0.167 e. The smallest absolute Gasteiger partial charge is 0.167 e. The highest BCUT2D eigenvalue weighted by Gasteiger charge is 2.44. The Labute approximate surface area is 143 Å². The fourth-order valence-electron chi connectivity index (χ4n) is 3.54. The minimum atomic E-state index is -1.20. The van der Waals surface area contributed by atoms with Crippen LogP contribution in [0, 0.1) is 0 Å². The third-order valence-corrected chi connectivity index (χ3v) is 4.90. The summed E-state index contributed by atoms with van der Waals surface area (Å²) in [4.78, 5) is 12.8. The van der Waals surface area contributed by atoms with Gasteiger partial charge in [-0.05, 0) is 19.3 Å². The molecule has 10 heteroatoms. The number of imidazole rings is 1. The summed E-state index contributed by atoms with van der Waals surface area (Å²) in [5, 5.41) is 42.3. The Morgan fingerprint density at radius 3 is 2.68 bits per heavy atom. The highest BCUT2D eigenvalue weighted by molar-refractivity contribution is 5.82. The van der Waals surface area contributed by atoms with Crippen LogP contribution in [-0.2, 0) is 4.74 Å². The molecule has 1 saturated carbocycles. The summed E-state index contributed by atoms with van der Waals surface area (Å²) in [5.41, 5.74) is 0.965. The number of aliphatic hydroxyl groups is 4. The van der Waals surface area contributed by atoms with Crippen molar-refractivity contribution in [1.29, 1.82) is 0 Å². The molecule has 2 aromatic rings. The summed E-state index contributed by atoms with van der Waals surface area (Å²) in [5.74, 6) is 0.551. The molecule has 0 aromatic carbocycles. The summed E-state index contributed by atoms with van der Waals surface area (Å²) in [6.45, 7) is -0.396. The maximum absolute atomic E-state index is 10.2. The molecule has 0 bridgehead atoms. The zero-order valence-electron chi connectivity index (χ0n) is 13.4. The fraction of sp³-hybridized carbons (Fsp3) is 0.667. The minimum absolute atomic E-state index is 0.118. The van der Waals surface area contributed by atoms with Gasteiger partial charge in [-0.15, -0.1) is 0 Å². The lowest BCUT2D eigenvalue weighted by Gasteiger charge is -2.17. The zero-order chi connectivity index (χ0) is 17.6. The highest BCUT2D eigenvalue weighted by atomic mass is 16.6. The van der Waals surface area contributed by atoms with Crippen molar-refractivity contribution >= 4 is 17.0 Å². The number of fused-ring (bicyclic) bond motifs is 1. The van der Waals surface area contributed by atoms with Crippen molar-refractivity contribution in [1.82, 2.24) is 19.5 Å². The average molecular weight is 351 g/mol. The number of anilines is 1. The lowest BCUT2D eigenvalue weighted by Crippen LogP contribution is -2.33. The molecular weight excluding hydrogens is 330 g/mol. The largest absolute Gasteiger partial charge is 0.394 e. The Hall–Kier alpha value is -1.85. The Bertz CT molecular complexity index is 755. The molecular formula is C15H21N5O5. The zero-order valence-corrected chi connectivity index (χ0v) is 13.4. The molecule has 1 saturated heterocycles. The van der Waals surface area contributed by atoms with Gasteiger partial charge in [-0.3, -0.25) is 4.57 Å². The number of rotatable bonds is 4. The molecule has 10 nitrogen and oxygen atoms in total. The van der Waals surface area contributed by atoms with Crippen molar-refractivity contribution in [3.63, 3.8) is 0 Å². The van der Waals surface area contributed by atoms with Crippen LogP contribution >= 0.6 is 0 Å². The molecule has 5 N–H and O–H groups in total. The van der Waals surface area contributed by atoms with Crippen molar-refractivity contribution in [2.45, 2.75) is 55.9 Å². The first-order valence-electron chi connectivity index (χ1n) is 8.33. The third kappa shape index (κ3) is 2.85. The van der Waals surface area contributed by atoms with Crippen molar-refractivity contribution in [3.05, 3.63) is 12.7 Å². The van der Waals surface area contributed by atoms with E-state index >= 15 is 0 Å². The van der Waals surface area contributed by atoms with Gasteiger partial charge in [-0.25, -0.2) is 15.0 Å². The second-order valence-corrected chi connectivity index (χ2v) is 6.58. The second-order valence-electron chi connectivity index (χ2n) is 6.58. The predicted molar refractivity (Wildman–Crippen MR) is 85.6 cm³/mol. The number of ether oxygens (including phenoxy) is 1. The standard InChI is InChI=1S/C15H21N5O5/c21-4-9-11(23)12(24)15(25-9)20-6-18-10-13(16-5-17-14(10)20)19-7-1-2-8(22)3-7/h5-9,11-12,15,21-24H,1-4H2,(H,16,17,19)/t7?,8?,9-,11?,12?,15-/m1/s1. The van der Waals surface area contributed by atoms with E-state index in [0.717, 1.165) is 12.8 Å². The molecule has 2 aromatic heterocycles. The van der Waals surface area contributed by atoms with Crippen LogP contribution in [0.5, 0.6) is 0 Å². The van der Waals surface area contributed by atoms with E-state index in [1.165, 1.54) is 17.2 Å². The van der Waals surface area contributed by atoms with Gasteiger partial charge in [0.2, 0.25) is 0 Å². The molecule has 136 valence electrons. The quantitative estimate of drug-likeness (QED) is 0.456. The maximum atomic E-state index is 10.2. The number of aromatic nitrogens is 4. The number of nitrogens with zero attached hydrogens (tertiary/aromatic N) is 4. The topological polar surface area (TPSA) is 146 Å². The van der Waals surface area contributed by atoms with Crippen LogP contribution in [0.15, 0.2) is 12.7 Å². The molecule has 4 rings (SSSR count). The lowest BCUT2D eigenvalue weighted by molar-refractivity contribution is -0.0511. The SMILES string of the molecule is OC[C@H]1O[C@@H](n2cnc3c(NC4CCC(O)C4)ncnc32)C(O)C1O. The molecule has 3 heterocycles. The van der Waals surface area contributed by atoms with Gasteiger partial charge in [-0.2, -0.15) is 0 Å². The third-order valence-electron chi connectivity index (χ3n) is 4.90. The van der Waals surface area contributed by atoms with E-state index in [9.17, 15) is 20.4 Å². The Balaban J connectivity index is 1.63. The van der Waals surface area contributed by atoms with Crippen LogP contribution in [0.4, 0.5) is 5.82 Å². The van der Waals surface area contributed by atoms with E-state index in [1.54, 1.807) is 0 Å². The average Bonchev–Trinajstić information content (AvgIpc) is 3.28. The van der Waals surface area contributed by atoms with E-state index < -0.39 is 31.1 Å². The van der Waals surface area contributed by atoms with Gasteiger partial charge in [0.05, 0.1) is 19.0 Å². The van der Waals surface area contributed by atoms with Gasteiger partial charge in [0.1, 0.15) is 24.6 Å². The summed E-state index contributed by atoms with van der Waals surface area (Å²) in [7, 11) is 0. The highest BCUT2D eigenvalue weighted by Crippen LogP contribution is 2.32. The van der Waals surface area contributed by atoms with Crippen LogP contribution in [0.1, 0.15) is 25.5 Å². The Kier molecular flexibility index (Phi) is 4.29. The molecule has 0 radical (unpaired) electrons. The van der Waals surface area contributed by atoms with Crippen LogP contribution in [0.3, 0.4) is 0 Å². The first kappa shape index (κ1) is 16.6. The van der Waals surface area contributed by atoms with Crippen molar-refractivity contribution in [2.75, 3.05) is 11.9 Å². The molecule has 2 aliphatic rings. The molecule has 2 fully saturated rings. The number of hydrogen-bond donors (Lipinski definition) is 5. The molecule has 6 atom stereocenters. The van der Waals surface area contributed by atoms with Crippen molar-refractivity contribution < 1.29 is 25.2 Å². The Morgan fingerprint density at radius 1 is 1.16 bits per heavy atom. The van der Waals surface area contributed by atoms with Gasteiger partial charge in [0.15, 0.2) is 23.2 Å². The van der Waals surface area contributed by atoms with Crippen molar-refractivity contribution in [3.8, 4) is 0 Å². The van der Waals surface area contributed by atoms with Crippen molar-refractivity contribution in [2.24, 2.45) is 0 Å². The van der Waals surface area contributed by atoms with E-state index in [-0.39, 0.29) is 12.1 Å². The van der Waals surface area contributed by atoms with Crippen LogP contribution in [-0.4, -0.2) is 77.0 Å². The summed E-state index contributed by atoms with van der Waals surface area (Å²) < 4.78 is 7.06.